The highest BCUT2D eigenvalue weighted by Crippen LogP contribution is 2.23. The number of rotatable bonds is 4. The molecule has 4 nitrogen and oxygen atoms in total. The van der Waals surface area contributed by atoms with Gasteiger partial charge in [-0.2, -0.15) is 0 Å². The lowest BCUT2D eigenvalue weighted by molar-refractivity contribution is -0.138. The smallest absolute Gasteiger partial charge is 0.320 e. The first-order chi connectivity index (χ1) is 8.68. The zero-order chi connectivity index (χ0) is 13.0. The summed E-state index contributed by atoms with van der Waals surface area (Å²) in [5, 5.41) is 8.87. The van der Waals surface area contributed by atoms with Crippen molar-refractivity contribution < 1.29 is 9.90 Å². The van der Waals surface area contributed by atoms with Gasteiger partial charge >= 0.3 is 5.97 Å². The van der Waals surface area contributed by atoms with Crippen LogP contribution < -0.4 is 5.73 Å². The molecule has 0 aliphatic carbocycles. The molecule has 2 rings (SSSR count). The maximum Gasteiger partial charge on any atom is 0.320 e. The molecule has 0 amide bonds. The van der Waals surface area contributed by atoms with E-state index in [1.54, 1.807) is 12.4 Å². The summed E-state index contributed by atoms with van der Waals surface area (Å²) in [6.45, 7) is 0. The normalized spacial score (nSPS) is 12.1. The first kappa shape index (κ1) is 12.3. The van der Waals surface area contributed by atoms with Gasteiger partial charge in [-0.05, 0) is 23.6 Å². The Balaban J connectivity index is 2.35. The summed E-state index contributed by atoms with van der Waals surface area (Å²) in [6.07, 6.45) is 3.76. The molecule has 1 atom stereocenters. The predicted octanol–water partition coefficient (Wildman–Crippen LogP) is 1.70. The maximum absolute atomic E-state index is 10.8. The summed E-state index contributed by atoms with van der Waals surface area (Å²) in [4.78, 5) is 14.9. The number of benzene rings is 1. The second kappa shape index (κ2) is 5.42. The van der Waals surface area contributed by atoms with Gasteiger partial charge in [-0.1, -0.05) is 30.3 Å². The quantitative estimate of drug-likeness (QED) is 0.855. The van der Waals surface area contributed by atoms with Gasteiger partial charge in [0.2, 0.25) is 0 Å². The van der Waals surface area contributed by atoms with Crippen molar-refractivity contribution >= 4 is 5.97 Å². The second-order valence-corrected chi connectivity index (χ2v) is 4.05. The van der Waals surface area contributed by atoms with Gasteiger partial charge in [0.15, 0.2) is 0 Å². The molecule has 0 radical (unpaired) electrons. The van der Waals surface area contributed by atoms with E-state index in [1.165, 1.54) is 0 Å². The molecular weight excluding hydrogens is 228 g/mol. The van der Waals surface area contributed by atoms with Crippen LogP contribution in [0.25, 0.3) is 11.1 Å². The Kier molecular flexibility index (Phi) is 3.69. The molecular formula is C14H14N2O2. The van der Waals surface area contributed by atoms with Crippen molar-refractivity contribution in [2.24, 2.45) is 5.73 Å². The van der Waals surface area contributed by atoms with E-state index in [4.69, 9.17) is 10.8 Å². The van der Waals surface area contributed by atoms with Gasteiger partial charge in [-0.3, -0.25) is 9.78 Å². The van der Waals surface area contributed by atoms with Gasteiger partial charge in [-0.25, -0.2) is 0 Å². The van der Waals surface area contributed by atoms with Crippen LogP contribution in [0.4, 0.5) is 0 Å². The van der Waals surface area contributed by atoms with Crippen molar-refractivity contribution in [1.29, 1.82) is 0 Å². The summed E-state index contributed by atoms with van der Waals surface area (Å²) < 4.78 is 0. The van der Waals surface area contributed by atoms with Crippen molar-refractivity contribution in [2.45, 2.75) is 12.5 Å². The van der Waals surface area contributed by atoms with Gasteiger partial charge < -0.3 is 10.8 Å². The molecule has 0 saturated carbocycles. The zero-order valence-electron chi connectivity index (χ0n) is 9.78. The lowest BCUT2D eigenvalue weighted by Crippen LogP contribution is -2.32. The topological polar surface area (TPSA) is 76.2 Å². The highest BCUT2D eigenvalue weighted by Gasteiger charge is 2.14. The number of carboxylic acid groups (broad SMARTS) is 1. The van der Waals surface area contributed by atoms with Crippen LogP contribution in [-0.4, -0.2) is 22.1 Å². The van der Waals surface area contributed by atoms with Crippen LogP contribution in [0.1, 0.15) is 5.56 Å². The second-order valence-electron chi connectivity index (χ2n) is 4.05. The van der Waals surface area contributed by atoms with E-state index in [0.29, 0.717) is 6.42 Å². The van der Waals surface area contributed by atoms with Crippen molar-refractivity contribution in [3.63, 3.8) is 0 Å². The van der Waals surface area contributed by atoms with Gasteiger partial charge in [0.25, 0.3) is 0 Å². The number of pyridine rings is 1. The molecule has 0 saturated heterocycles. The fraction of sp³-hybridized carbons (Fsp3) is 0.143. The minimum absolute atomic E-state index is 0.306. The van der Waals surface area contributed by atoms with Crippen LogP contribution in [0.5, 0.6) is 0 Å². The fourth-order valence-corrected chi connectivity index (χ4v) is 1.83. The number of nitrogens with zero attached hydrogens (tertiary/aromatic N) is 1. The number of nitrogens with two attached hydrogens (primary N) is 1. The molecule has 18 heavy (non-hydrogen) atoms. The molecule has 92 valence electrons. The van der Waals surface area contributed by atoms with Crippen molar-refractivity contribution in [3.05, 3.63) is 54.4 Å². The first-order valence-corrected chi connectivity index (χ1v) is 5.65. The Morgan fingerprint density at radius 3 is 2.72 bits per heavy atom. The van der Waals surface area contributed by atoms with Crippen LogP contribution in [-0.2, 0) is 11.2 Å². The lowest BCUT2D eigenvalue weighted by Gasteiger charge is -2.11. The summed E-state index contributed by atoms with van der Waals surface area (Å²) >= 11 is 0. The number of aromatic nitrogens is 1. The number of aliphatic carboxylic acids is 1. The third kappa shape index (κ3) is 2.73. The van der Waals surface area contributed by atoms with Crippen molar-refractivity contribution in [2.75, 3.05) is 0 Å². The molecule has 1 aromatic heterocycles. The molecule has 4 heteroatoms. The van der Waals surface area contributed by atoms with E-state index in [0.717, 1.165) is 16.7 Å². The minimum Gasteiger partial charge on any atom is -0.480 e. The van der Waals surface area contributed by atoms with Gasteiger partial charge in [0.1, 0.15) is 6.04 Å². The molecule has 3 N–H and O–H groups in total. The molecule has 0 fully saturated rings. The summed E-state index contributed by atoms with van der Waals surface area (Å²) in [7, 11) is 0. The van der Waals surface area contributed by atoms with Crippen molar-refractivity contribution in [3.8, 4) is 11.1 Å². The molecule has 1 unspecified atom stereocenters. The minimum atomic E-state index is -0.990. The molecule has 0 aliphatic heterocycles. The van der Waals surface area contributed by atoms with Crippen molar-refractivity contribution in [1.82, 2.24) is 4.98 Å². The van der Waals surface area contributed by atoms with E-state index < -0.39 is 12.0 Å². The van der Waals surface area contributed by atoms with E-state index in [1.807, 2.05) is 36.4 Å². The Labute approximate surface area is 105 Å². The highest BCUT2D eigenvalue weighted by molar-refractivity contribution is 5.75. The number of hydrogen-bond donors (Lipinski definition) is 2. The van der Waals surface area contributed by atoms with E-state index in [-0.39, 0.29) is 0 Å². The fourth-order valence-electron chi connectivity index (χ4n) is 1.83. The number of hydrogen-bond acceptors (Lipinski definition) is 3. The third-order valence-electron chi connectivity index (χ3n) is 2.75. The third-order valence-corrected chi connectivity index (χ3v) is 2.75. The SMILES string of the molecule is NC(Cc1ccccc1-c1cccnc1)C(=O)O. The molecule has 0 bridgehead atoms. The summed E-state index contributed by atoms with van der Waals surface area (Å²) in [6, 6.07) is 10.5. The zero-order valence-corrected chi connectivity index (χ0v) is 9.78. The average Bonchev–Trinajstić information content (AvgIpc) is 2.40. The summed E-state index contributed by atoms with van der Waals surface area (Å²) in [5.41, 5.74) is 8.44. The first-order valence-electron chi connectivity index (χ1n) is 5.65. The van der Waals surface area contributed by atoms with Crippen LogP contribution >= 0.6 is 0 Å². The maximum atomic E-state index is 10.8. The van der Waals surface area contributed by atoms with Gasteiger partial charge in [-0.15, -0.1) is 0 Å². The molecule has 1 heterocycles. The largest absolute Gasteiger partial charge is 0.480 e. The molecule has 0 spiro atoms. The number of carboxylic acids is 1. The Bertz CT molecular complexity index is 541. The molecule has 2 aromatic rings. The lowest BCUT2D eigenvalue weighted by atomic mass is 9.96. The van der Waals surface area contributed by atoms with Crippen LogP contribution in [0, 0.1) is 0 Å². The summed E-state index contributed by atoms with van der Waals surface area (Å²) in [5.74, 6) is -0.990. The number of carbonyl (C=O) groups is 1. The average molecular weight is 242 g/mol. The highest BCUT2D eigenvalue weighted by atomic mass is 16.4. The standard InChI is InChI=1S/C14H14N2O2/c15-13(14(17)18)8-10-4-1-2-6-12(10)11-5-3-7-16-9-11/h1-7,9,13H,8,15H2,(H,17,18). The van der Waals surface area contributed by atoms with Crippen LogP contribution in [0.3, 0.4) is 0 Å². The monoisotopic (exact) mass is 242 g/mol. The Morgan fingerprint density at radius 1 is 1.28 bits per heavy atom. The van der Waals surface area contributed by atoms with Crippen LogP contribution in [0.15, 0.2) is 48.8 Å². The molecule has 1 aromatic carbocycles. The van der Waals surface area contributed by atoms with E-state index in [9.17, 15) is 4.79 Å². The van der Waals surface area contributed by atoms with Gasteiger partial charge in [0, 0.05) is 18.0 Å². The van der Waals surface area contributed by atoms with E-state index in [2.05, 4.69) is 4.98 Å². The van der Waals surface area contributed by atoms with E-state index >= 15 is 0 Å². The van der Waals surface area contributed by atoms with Crippen LogP contribution in [0.2, 0.25) is 0 Å². The Morgan fingerprint density at radius 2 is 2.06 bits per heavy atom. The van der Waals surface area contributed by atoms with Gasteiger partial charge in [0.05, 0.1) is 0 Å². The molecule has 0 aliphatic rings. The Hall–Kier alpha value is -2.20. The predicted molar refractivity (Wildman–Crippen MR) is 69.0 cm³/mol.